The summed E-state index contributed by atoms with van der Waals surface area (Å²) in [6, 6.07) is 13.2. The lowest BCUT2D eigenvalue weighted by molar-refractivity contribution is -0.129. The molecule has 1 fully saturated rings. The van der Waals surface area contributed by atoms with Crippen LogP contribution in [0.3, 0.4) is 0 Å². The third-order valence-corrected chi connectivity index (χ3v) is 7.50. The van der Waals surface area contributed by atoms with Crippen LogP contribution < -0.4 is 25.0 Å². The number of para-hydroxylation sites is 1. The molecule has 2 heterocycles. The Labute approximate surface area is 221 Å². The highest BCUT2D eigenvalue weighted by atomic mass is 79.9. The second-order valence-corrected chi connectivity index (χ2v) is 10.2. The maximum absolute atomic E-state index is 12.4. The normalized spacial score (nSPS) is 14.3. The number of nitrogens with one attached hydrogen (secondary N) is 3. The number of halogens is 1. The molecule has 10 nitrogen and oxygen atoms in total. The fraction of sp³-hybridized carbons (Fsp3) is 0.292. The van der Waals surface area contributed by atoms with Crippen molar-refractivity contribution in [3.63, 3.8) is 0 Å². The summed E-state index contributed by atoms with van der Waals surface area (Å²) in [4.78, 5) is 25.4. The quantitative estimate of drug-likeness (QED) is 0.374. The monoisotopic (exact) mass is 573 g/mol. The number of carbonyl (C=O) groups excluding carboxylic acids is 1. The van der Waals surface area contributed by atoms with Crippen LogP contribution in [0.25, 0.3) is 0 Å². The van der Waals surface area contributed by atoms with Gasteiger partial charge in [-0.05, 0) is 53.3 Å². The minimum absolute atomic E-state index is 0.100. The van der Waals surface area contributed by atoms with Crippen molar-refractivity contribution in [3.8, 4) is 5.75 Å². The van der Waals surface area contributed by atoms with E-state index in [2.05, 4.69) is 46.2 Å². The number of hydrogen-bond donors (Lipinski definition) is 3. The highest BCUT2D eigenvalue weighted by Gasteiger charge is 2.20. The summed E-state index contributed by atoms with van der Waals surface area (Å²) < 4.78 is 21.3. The van der Waals surface area contributed by atoms with Gasteiger partial charge in [0, 0.05) is 45.0 Å². The minimum Gasteiger partial charge on any atom is -0.495 e. The lowest BCUT2D eigenvalue weighted by atomic mass is 10.2. The number of anilines is 5. The molecule has 1 unspecified atom stereocenters. The highest BCUT2D eigenvalue weighted by molar-refractivity contribution is 9.10. The average molecular weight is 575 g/mol. The molecule has 3 aromatic rings. The Hall–Kier alpha value is -3.22. The number of aromatic nitrogens is 2. The second-order valence-electron chi connectivity index (χ2n) is 7.99. The Kier molecular flexibility index (Phi) is 8.39. The first kappa shape index (κ1) is 25.9. The molecule has 1 aliphatic heterocycles. The summed E-state index contributed by atoms with van der Waals surface area (Å²) >= 11 is 3.49. The zero-order chi connectivity index (χ0) is 25.7. The van der Waals surface area contributed by atoms with Gasteiger partial charge in [-0.1, -0.05) is 12.1 Å². The molecule has 1 saturated heterocycles. The molecule has 12 heteroatoms. The second kappa shape index (κ2) is 11.7. The average Bonchev–Trinajstić information content (AvgIpc) is 2.90. The molecule has 36 heavy (non-hydrogen) atoms. The Morgan fingerprint density at radius 2 is 1.83 bits per heavy atom. The zero-order valence-corrected chi connectivity index (χ0v) is 22.6. The standard InChI is InChI=1S/C24H28BrN7O3S/c1-16(33)31-10-12-32(13-11-31)17-8-9-21(35-3)20(14-17)29-24-27-15-18(25)23(30-24)28-19-6-4-5-7-22(19)36(34)26-2/h4-9,14-15,26H,10-13H2,1-3H3,(H2,27,28,29,30). The molecule has 0 saturated carbocycles. The lowest BCUT2D eigenvalue weighted by Gasteiger charge is -2.35. The van der Waals surface area contributed by atoms with E-state index in [0.29, 0.717) is 51.3 Å². The van der Waals surface area contributed by atoms with Gasteiger partial charge in [0.05, 0.1) is 27.9 Å². The van der Waals surface area contributed by atoms with E-state index in [1.54, 1.807) is 33.3 Å². The van der Waals surface area contributed by atoms with Crippen LogP contribution >= 0.6 is 15.9 Å². The van der Waals surface area contributed by atoms with E-state index in [1.165, 1.54) is 0 Å². The maximum Gasteiger partial charge on any atom is 0.229 e. The number of ether oxygens (including phenoxy) is 1. The van der Waals surface area contributed by atoms with Crippen molar-refractivity contribution < 1.29 is 13.7 Å². The van der Waals surface area contributed by atoms with Gasteiger partial charge >= 0.3 is 0 Å². The van der Waals surface area contributed by atoms with Crippen LogP contribution in [0.15, 0.2) is 58.0 Å². The van der Waals surface area contributed by atoms with E-state index in [4.69, 9.17) is 4.74 Å². The van der Waals surface area contributed by atoms with Gasteiger partial charge in [-0.25, -0.2) is 13.9 Å². The number of benzene rings is 2. The smallest absolute Gasteiger partial charge is 0.229 e. The topological polar surface area (TPSA) is 112 Å². The van der Waals surface area contributed by atoms with Crippen LogP contribution in [-0.2, 0) is 15.8 Å². The van der Waals surface area contributed by atoms with Gasteiger partial charge in [0.2, 0.25) is 11.9 Å². The number of nitrogens with zero attached hydrogens (tertiary/aromatic N) is 4. The Morgan fingerprint density at radius 3 is 2.53 bits per heavy atom. The zero-order valence-electron chi connectivity index (χ0n) is 20.2. The Balaban J connectivity index is 1.57. The van der Waals surface area contributed by atoms with Gasteiger partial charge in [-0.3, -0.25) is 4.79 Å². The molecular formula is C24H28BrN7O3S. The van der Waals surface area contributed by atoms with Crippen LogP contribution in [0.2, 0.25) is 0 Å². The van der Waals surface area contributed by atoms with E-state index in [-0.39, 0.29) is 5.91 Å². The number of amides is 1. The molecule has 1 amide bonds. The summed E-state index contributed by atoms with van der Waals surface area (Å²) in [5.41, 5.74) is 2.40. The van der Waals surface area contributed by atoms with Gasteiger partial charge < -0.3 is 25.2 Å². The predicted molar refractivity (Wildman–Crippen MR) is 146 cm³/mol. The molecule has 4 rings (SSSR count). The third kappa shape index (κ3) is 5.94. The minimum atomic E-state index is -1.36. The van der Waals surface area contributed by atoms with Crippen molar-refractivity contribution in [2.24, 2.45) is 0 Å². The van der Waals surface area contributed by atoms with Crippen molar-refractivity contribution in [2.75, 3.05) is 55.9 Å². The first-order chi connectivity index (χ1) is 17.4. The molecule has 0 aliphatic carbocycles. The summed E-state index contributed by atoms with van der Waals surface area (Å²) in [7, 11) is 1.89. The number of hydrogen-bond acceptors (Lipinski definition) is 8. The summed E-state index contributed by atoms with van der Waals surface area (Å²) in [5.74, 6) is 1.63. The molecule has 190 valence electrons. The highest BCUT2D eigenvalue weighted by Crippen LogP contribution is 2.33. The van der Waals surface area contributed by atoms with E-state index in [1.807, 2.05) is 41.3 Å². The van der Waals surface area contributed by atoms with Crippen LogP contribution in [0.5, 0.6) is 5.75 Å². The number of piperazine rings is 1. The summed E-state index contributed by atoms with van der Waals surface area (Å²) in [6.45, 7) is 4.48. The fourth-order valence-corrected chi connectivity index (χ4v) is 4.91. The van der Waals surface area contributed by atoms with Gasteiger partial charge in [0.15, 0.2) is 0 Å². The van der Waals surface area contributed by atoms with Gasteiger partial charge in [-0.2, -0.15) is 4.98 Å². The Bertz CT molecular complexity index is 1270. The van der Waals surface area contributed by atoms with Crippen LogP contribution in [0, 0.1) is 0 Å². The van der Waals surface area contributed by atoms with Crippen LogP contribution in [-0.4, -0.2) is 65.3 Å². The van der Waals surface area contributed by atoms with Crippen LogP contribution in [0.4, 0.5) is 28.8 Å². The molecule has 1 aliphatic rings. The Morgan fingerprint density at radius 1 is 1.08 bits per heavy atom. The first-order valence-corrected chi connectivity index (χ1v) is 13.3. The van der Waals surface area contributed by atoms with Crippen molar-refractivity contribution in [1.29, 1.82) is 0 Å². The summed E-state index contributed by atoms with van der Waals surface area (Å²) in [5, 5.41) is 6.50. The van der Waals surface area contributed by atoms with E-state index in [9.17, 15) is 9.00 Å². The largest absolute Gasteiger partial charge is 0.495 e. The molecule has 0 spiro atoms. The van der Waals surface area contributed by atoms with Gasteiger partial charge in [-0.15, -0.1) is 0 Å². The lowest BCUT2D eigenvalue weighted by Crippen LogP contribution is -2.48. The number of rotatable bonds is 8. The van der Waals surface area contributed by atoms with E-state index in [0.717, 1.165) is 18.8 Å². The molecular weight excluding hydrogens is 546 g/mol. The third-order valence-electron chi connectivity index (χ3n) is 5.79. The first-order valence-electron chi connectivity index (χ1n) is 11.3. The van der Waals surface area contributed by atoms with Gasteiger partial charge in [0.25, 0.3) is 0 Å². The van der Waals surface area contributed by atoms with Crippen molar-refractivity contribution in [3.05, 3.63) is 53.1 Å². The predicted octanol–water partition coefficient (Wildman–Crippen LogP) is 3.65. The fourth-order valence-electron chi connectivity index (χ4n) is 3.87. The molecule has 1 aromatic heterocycles. The summed E-state index contributed by atoms with van der Waals surface area (Å²) in [6.07, 6.45) is 1.65. The SMILES string of the molecule is CNS(=O)c1ccccc1Nc1nc(Nc2cc(N3CCN(C(C)=O)CC3)ccc2OC)ncc1Br. The maximum atomic E-state index is 12.4. The number of carbonyl (C=O) groups is 1. The molecule has 2 aromatic carbocycles. The van der Waals surface area contributed by atoms with Crippen LogP contribution in [0.1, 0.15) is 6.92 Å². The molecule has 1 atom stereocenters. The van der Waals surface area contributed by atoms with E-state index < -0.39 is 11.0 Å². The molecule has 0 radical (unpaired) electrons. The number of methoxy groups -OCH3 is 1. The van der Waals surface area contributed by atoms with Crippen molar-refractivity contribution >= 4 is 61.7 Å². The van der Waals surface area contributed by atoms with Crippen molar-refractivity contribution in [1.82, 2.24) is 19.6 Å². The van der Waals surface area contributed by atoms with Gasteiger partial charge in [0.1, 0.15) is 22.6 Å². The molecule has 3 N–H and O–H groups in total. The van der Waals surface area contributed by atoms with E-state index >= 15 is 0 Å². The molecule has 0 bridgehead atoms. The van der Waals surface area contributed by atoms with Crippen molar-refractivity contribution in [2.45, 2.75) is 11.8 Å².